The van der Waals surface area contributed by atoms with Crippen LogP contribution >= 0.6 is 0 Å². The van der Waals surface area contributed by atoms with Crippen LogP contribution in [0.3, 0.4) is 0 Å². The second-order valence-electron chi connectivity index (χ2n) is 4.26. The van der Waals surface area contributed by atoms with Gasteiger partial charge in [0.25, 0.3) is 0 Å². The Balaban J connectivity index is 1.79. The van der Waals surface area contributed by atoms with Crippen LogP contribution in [0.5, 0.6) is 5.75 Å². The first-order valence-corrected chi connectivity index (χ1v) is 6.32. The summed E-state index contributed by atoms with van der Waals surface area (Å²) in [5.41, 5.74) is 0.594. The van der Waals surface area contributed by atoms with Crippen LogP contribution in [0.4, 0.5) is 0 Å². The molecule has 4 heteroatoms. The van der Waals surface area contributed by atoms with Gasteiger partial charge < -0.3 is 9.47 Å². The van der Waals surface area contributed by atoms with Gasteiger partial charge in [-0.3, -0.25) is 4.90 Å². The van der Waals surface area contributed by atoms with E-state index < -0.39 is 0 Å². The van der Waals surface area contributed by atoms with Gasteiger partial charge in [0, 0.05) is 26.2 Å². The topological polar surface area (TPSA) is 45.5 Å². The fraction of sp³-hybridized carbons (Fsp3) is 0.500. The van der Waals surface area contributed by atoms with E-state index in [4.69, 9.17) is 14.7 Å². The molecular formula is C14H18N2O2. The number of nitriles is 1. The van der Waals surface area contributed by atoms with Crippen molar-refractivity contribution in [3.8, 4) is 11.8 Å². The molecule has 2 rings (SSSR count). The van der Waals surface area contributed by atoms with E-state index in [1.807, 2.05) is 18.2 Å². The molecule has 0 amide bonds. The Morgan fingerprint density at radius 3 is 3.06 bits per heavy atom. The molecule has 1 aromatic rings. The molecule has 0 N–H and O–H groups in total. The summed E-state index contributed by atoms with van der Waals surface area (Å²) in [6, 6.07) is 9.48. The van der Waals surface area contributed by atoms with E-state index in [2.05, 4.69) is 11.0 Å². The van der Waals surface area contributed by atoms with Crippen LogP contribution in [-0.4, -0.2) is 44.4 Å². The van der Waals surface area contributed by atoms with Crippen LogP contribution in [0.15, 0.2) is 24.3 Å². The van der Waals surface area contributed by atoms with Crippen molar-refractivity contribution in [3.63, 3.8) is 0 Å². The molecule has 1 heterocycles. The smallest absolute Gasteiger partial charge is 0.137 e. The minimum absolute atomic E-state index is 0.594. The Labute approximate surface area is 108 Å². The molecule has 0 aromatic heterocycles. The number of hydrogen-bond acceptors (Lipinski definition) is 4. The normalized spacial score (nSPS) is 16.8. The lowest BCUT2D eigenvalue weighted by Crippen LogP contribution is -2.30. The van der Waals surface area contributed by atoms with Gasteiger partial charge in [0.1, 0.15) is 18.4 Å². The van der Waals surface area contributed by atoms with E-state index in [0.29, 0.717) is 17.9 Å². The van der Waals surface area contributed by atoms with Crippen LogP contribution in [0, 0.1) is 11.3 Å². The highest BCUT2D eigenvalue weighted by atomic mass is 16.5. The summed E-state index contributed by atoms with van der Waals surface area (Å²) >= 11 is 0. The lowest BCUT2D eigenvalue weighted by Gasteiger charge is -2.19. The van der Waals surface area contributed by atoms with Crippen LogP contribution in [-0.2, 0) is 4.74 Å². The molecule has 1 fully saturated rings. The Morgan fingerprint density at radius 1 is 1.28 bits per heavy atom. The standard InChI is InChI=1S/C14H18N2O2/c15-12-13-4-1-2-5-14(13)18-11-8-16-6-3-9-17-10-7-16/h1-2,4-5H,3,6-11H2. The van der Waals surface area contributed by atoms with Crippen LogP contribution in [0.2, 0.25) is 0 Å². The van der Waals surface area contributed by atoms with Crippen molar-refractivity contribution in [1.82, 2.24) is 4.90 Å². The molecule has 18 heavy (non-hydrogen) atoms. The number of rotatable bonds is 4. The van der Waals surface area contributed by atoms with E-state index in [0.717, 1.165) is 39.3 Å². The van der Waals surface area contributed by atoms with E-state index >= 15 is 0 Å². The summed E-state index contributed by atoms with van der Waals surface area (Å²) in [6.07, 6.45) is 1.08. The van der Waals surface area contributed by atoms with Gasteiger partial charge in [-0.05, 0) is 18.6 Å². The maximum absolute atomic E-state index is 8.95. The molecule has 0 aliphatic carbocycles. The lowest BCUT2D eigenvalue weighted by atomic mass is 10.2. The van der Waals surface area contributed by atoms with Gasteiger partial charge in [-0.2, -0.15) is 5.26 Å². The second kappa shape index (κ2) is 7.00. The molecule has 1 aromatic carbocycles. The van der Waals surface area contributed by atoms with E-state index in [9.17, 15) is 0 Å². The summed E-state index contributed by atoms with van der Waals surface area (Å²) in [7, 11) is 0. The summed E-state index contributed by atoms with van der Waals surface area (Å²) < 4.78 is 11.1. The molecule has 0 bridgehead atoms. The molecule has 1 aliphatic rings. The molecule has 96 valence electrons. The van der Waals surface area contributed by atoms with E-state index in [1.54, 1.807) is 6.07 Å². The molecule has 0 unspecified atom stereocenters. The Morgan fingerprint density at radius 2 is 2.17 bits per heavy atom. The highest BCUT2D eigenvalue weighted by Crippen LogP contribution is 2.16. The second-order valence-corrected chi connectivity index (χ2v) is 4.26. The maximum Gasteiger partial charge on any atom is 0.137 e. The van der Waals surface area contributed by atoms with Crippen molar-refractivity contribution in [2.45, 2.75) is 6.42 Å². The summed E-state index contributed by atoms with van der Waals surface area (Å²) in [6.45, 7) is 5.16. The van der Waals surface area contributed by atoms with Crippen LogP contribution in [0.1, 0.15) is 12.0 Å². The van der Waals surface area contributed by atoms with Gasteiger partial charge in [0.05, 0.1) is 12.2 Å². The molecule has 0 atom stereocenters. The first kappa shape index (κ1) is 12.9. The first-order valence-electron chi connectivity index (χ1n) is 6.32. The number of nitrogens with zero attached hydrogens (tertiary/aromatic N) is 2. The van der Waals surface area contributed by atoms with E-state index in [-0.39, 0.29) is 0 Å². The summed E-state index contributed by atoms with van der Waals surface area (Å²) in [5, 5.41) is 8.95. The minimum Gasteiger partial charge on any atom is -0.491 e. The SMILES string of the molecule is N#Cc1ccccc1OCCN1CCCOCC1. The van der Waals surface area contributed by atoms with Gasteiger partial charge >= 0.3 is 0 Å². The molecule has 0 radical (unpaired) electrons. The zero-order valence-corrected chi connectivity index (χ0v) is 10.5. The molecule has 0 saturated carbocycles. The zero-order chi connectivity index (χ0) is 12.6. The van der Waals surface area contributed by atoms with Crippen molar-refractivity contribution in [1.29, 1.82) is 5.26 Å². The Hall–Kier alpha value is -1.57. The monoisotopic (exact) mass is 246 g/mol. The quantitative estimate of drug-likeness (QED) is 0.810. The number of benzene rings is 1. The molecule has 1 aliphatic heterocycles. The van der Waals surface area contributed by atoms with Crippen molar-refractivity contribution in [2.24, 2.45) is 0 Å². The maximum atomic E-state index is 8.95. The fourth-order valence-corrected chi connectivity index (χ4v) is 1.99. The van der Waals surface area contributed by atoms with Crippen molar-refractivity contribution in [2.75, 3.05) is 39.5 Å². The predicted octanol–water partition coefficient (Wildman–Crippen LogP) is 1.66. The van der Waals surface area contributed by atoms with Gasteiger partial charge in [0.15, 0.2) is 0 Å². The summed E-state index contributed by atoms with van der Waals surface area (Å²) in [4.78, 5) is 2.34. The largest absolute Gasteiger partial charge is 0.491 e. The Bertz CT molecular complexity index is 407. The van der Waals surface area contributed by atoms with Crippen LogP contribution in [0.25, 0.3) is 0 Å². The van der Waals surface area contributed by atoms with E-state index in [1.165, 1.54) is 0 Å². The highest BCUT2D eigenvalue weighted by Gasteiger charge is 2.09. The number of hydrogen-bond donors (Lipinski definition) is 0. The third-order valence-electron chi connectivity index (χ3n) is 2.99. The van der Waals surface area contributed by atoms with Crippen molar-refractivity contribution < 1.29 is 9.47 Å². The van der Waals surface area contributed by atoms with Gasteiger partial charge in [0.2, 0.25) is 0 Å². The average molecular weight is 246 g/mol. The molecular weight excluding hydrogens is 228 g/mol. The third-order valence-corrected chi connectivity index (χ3v) is 2.99. The van der Waals surface area contributed by atoms with Gasteiger partial charge in [-0.25, -0.2) is 0 Å². The summed E-state index contributed by atoms with van der Waals surface area (Å²) in [5.74, 6) is 0.672. The van der Waals surface area contributed by atoms with Crippen molar-refractivity contribution >= 4 is 0 Å². The number of para-hydroxylation sites is 1. The third kappa shape index (κ3) is 3.73. The fourth-order valence-electron chi connectivity index (χ4n) is 1.99. The molecule has 1 saturated heterocycles. The highest BCUT2D eigenvalue weighted by molar-refractivity contribution is 5.42. The lowest BCUT2D eigenvalue weighted by molar-refractivity contribution is 0.137. The first-order chi connectivity index (χ1) is 8.90. The van der Waals surface area contributed by atoms with Crippen molar-refractivity contribution in [3.05, 3.63) is 29.8 Å². The Kier molecular flexibility index (Phi) is 5.00. The molecule has 0 spiro atoms. The molecule has 4 nitrogen and oxygen atoms in total. The predicted molar refractivity (Wildman–Crippen MR) is 68.5 cm³/mol. The van der Waals surface area contributed by atoms with Gasteiger partial charge in [-0.15, -0.1) is 0 Å². The average Bonchev–Trinajstić information content (AvgIpc) is 2.68. The zero-order valence-electron chi connectivity index (χ0n) is 10.5. The van der Waals surface area contributed by atoms with Crippen LogP contribution < -0.4 is 4.74 Å². The van der Waals surface area contributed by atoms with Gasteiger partial charge in [-0.1, -0.05) is 12.1 Å². The minimum atomic E-state index is 0.594. The number of ether oxygens (including phenoxy) is 2.